The Morgan fingerprint density at radius 3 is 2.67 bits per heavy atom. The predicted molar refractivity (Wildman–Crippen MR) is 87.8 cm³/mol. The number of urea groups is 1. The zero-order chi connectivity index (χ0) is 15.1. The fraction of sp³-hybridized carbons (Fsp3) is 0.588. The lowest BCUT2D eigenvalue weighted by Crippen LogP contribution is -2.33. The van der Waals surface area contributed by atoms with Gasteiger partial charge in [0.15, 0.2) is 0 Å². The Morgan fingerprint density at radius 1 is 1.24 bits per heavy atom. The van der Waals surface area contributed by atoms with Crippen LogP contribution in [0.5, 0.6) is 0 Å². The van der Waals surface area contributed by atoms with Gasteiger partial charge in [0.2, 0.25) is 0 Å². The van der Waals surface area contributed by atoms with E-state index in [0.717, 1.165) is 12.2 Å². The Hall–Kier alpha value is -1.55. The Bertz CT molecular complexity index is 455. The molecule has 0 radical (unpaired) electrons. The van der Waals surface area contributed by atoms with E-state index in [-0.39, 0.29) is 6.03 Å². The minimum atomic E-state index is -0.130. The third kappa shape index (κ3) is 4.74. The van der Waals surface area contributed by atoms with Crippen LogP contribution in [0.25, 0.3) is 0 Å². The first-order chi connectivity index (χ1) is 10.2. The Balaban J connectivity index is 2.01. The molecule has 1 heterocycles. The van der Waals surface area contributed by atoms with Crippen molar-refractivity contribution in [3.05, 3.63) is 29.8 Å². The van der Waals surface area contributed by atoms with E-state index in [9.17, 15) is 4.79 Å². The van der Waals surface area contributed by atoms with Crippen molar-refractivity contribution in [1.29, 1.82) is 0 Å². The smallest absolute Gasteiger partial charge is 0.319 e. The summed E-state index contributed by atoms with van der Waals surface area (Å²) in [6.07, 6.45) is 3.98. The van der Waals surface area contributed by atoms with Gasteiger partial charge in [0, 0.05) is 18.8 Å². The van der Waals surface area contributed by atoms with Gasteiger partial charge in [0.25, 0.3) is 0 Å². The van der Waals surface area contributed by atoms with Crippen molar-refractivity contribution in [2.24, 2.45) is 0 Å². The molecular formula is C17H27N3O. The number of nitrogens with one attached hydrogen (secondary N) is 2. The molecule has 21 heavy (non-hydrogen) atoms. The number of piperidine rings is 1. The topological polar surface area (TPSA) is 44.4 Å². The number of benzene rings is 1. The second kappa shape index (κ2) is 8.03. The maximum Gasteiger partial charge on any atom is 0.319 e. The zero-order valence-electron chi connectivity index (χ0n) is 13.2. The van der Waals surface area contributed by atoms with Crippen LogP contribution in [0.15, 0.2) is 24.3 Å². The molecule has 1 aliphatic heterocycles. The fourth-order valence-corrected chi connectivity index (χ4v) is 3.00. The normalized spacial score (nSPS) is 17.2. The minimum Gasteiger partial charge on any atom is -0.338 e. The van der Waals surface area contributed by atoms with Gasteiger partial charge >= 0.3 is 6.03 Å². The summed E-state index contributed by atoms with van der Waals surface area (Å²) in [5, 5.41) is 5.74. The Labute approximate surface area is 127 Å². The number of para-hydroxylation sites is 1. The molecule has 1 saturated heterocycles. The van der Waals surface area contributed by atoms with Crippen LogP contribution in [0.2, 0.25) is 0 Å². The minimum absolute atomic E-state index is 0.130. The van der Waals surface area contributed by atoms with E-state index in [1.54, 1.807) is 0 Å². The number of amides is 2. The SMILES string of the molecule is CCNC(=O)Nc1ccccc1C(C)CN1CCCCC1. The second-order valence-electron chi connectivity index (χ2n) is 5.83. The highest BCUT2D eigenvalue weighted by molar-refractivity contribution is 5.90. The number of anilines is 1. The van der Waals surface area contributed by atoms with Crippen molar-refractivity contribution in [2.75, 3.05) is 31.5 Å². The number of nitrogens with zero attached hydrogens (tertiary/aromatic N) is 1. The summed E-state index contributed by atoms with van der Waals surface area (Å²) in [5.41, 5.74) is 2.14. The molecular weight excluding hydrogens is 262 g/mol. The summed E-state index contributed by atoms with van der Waals surface area (Å²) < 4.78 is 0. The van der Waals surface area contributed by atoms with E-state index in [0.29, 0.717) is 12.5 Å². The van der Waals surface area contributed by atoms with Gasteiger partial charge in [-0.15, -0.1) is 0 Å². The molecule has 4 nitrogen and oxygen atoms in total. The van der Waals surface area contributed by atoms with Gasteiger partial charge in [-0.25, -0.2) is 4.79 Å². The molecule has 0 aromatic heterocycles. The zero-order valence-corrected chi connectivity index (χ0v) is 13.2. The van der Waals surface area contributed by atoms with Gasteiger partial charge in [-0.1, -0.05) is 31.5 Å². The summed E-state index contributed by atoms with van der Waals surface area (Å²) in [7, 11) is 0. The van der Waals surface area contributed by atoms with Crippen LogP contribution in [0.3, 0.4) is 0 Å². The standard InChI is InChI=1S/C17H27N3O/c1-3-18-17(21)19-16-10-6-5-9-15(16)14(2)13-20-11-7-4-8-12-20/h5-6,9-10,14H,3-4,7-8,11-13H2,1-2H3,(H2,18,19,21). The first-order valence-electron chi connectivity index (χ1n) is 8.07. The van der Waals surface area contributed by atoms with Gasteiger partial charge in [-0.05, 0) is 50.4 Å². The quantitative estimate of drug-likeness (QED) is 0.872. The van der Waals surface area contributed by atoms with Gasteiger partial charge in [-0.2, -0.15) is 0 Å². The van der Waals surface area contributed by atoms with Crippen LogP contribution in [-0.4, -0.2) is 37.1 Å². The largest absolute Gasteiger partial charge is 0.338 e. The van der Waals surface area contributed by atoms with Crippen molar-refractivity contribution >= 4 is 11.7 Å². The first kappa shape index (κ1) is 15.8. The molecule has 0 aliphatic carbocycles. The number of carbonyl (C=O) groups excluding carboxylic acids is 1. The highest BCUT2D eigenvalue weighted by Crippen LogP contribution is 2.26. The Kier molecular flexibility index (Phi) is 6.05. The third-order valence-corrected chi connectivity index (χ3v) is 4.06. The van der Waals surface area contributed by atoms with E-state index in [2.05, 4.69) is 28.5 Å². The molecule has 1 aliphatic rings. The van der Waals surface area contributed by atoms with Crippen LogP contribution in [0.4, 0.5) is 10.5 Å². The summed E-state index contributed by atoms with van der Waals surface area (Å²) in [5.74, 6) is 0.418. The predicted octanol–water partition coefficient (Wildman–Crippen LogP) is 3.42. The number of likely N-dealkylation sites (tertiary alicyclic amines) is 1. The summed E-state index contributed by atoms with van der Waals surface area (Å²) in [6, 6.07) is 7.99. The van der Waals surface area contributed by atoms with E-state index < -0.39 is 0 Å². The maximum atomic E-state index is 11.7. The lowest BCUT2D eigenvalue weighted by atomic mass is 9.97. The van der Waals surface area contributed by atoms with Gasteiger partial charge in [0.05, 0.1) is 0 Å². The van der Waals surface area contributed by atoms with Crippen LogP contribution in [-0.2, 0) is 0 Å². The molecule has 0 saturated carbocycles. The maximum absolute atomic E-state index is 11.7. The van der Waals surface area contributed by atoms with Gasteiger partial charge in [0.1, 0.15) is 0 Å². The van der Waals surface area contributed by atoms with Crippen molar-refractivity contribution in [3.8, 4) is 0 Å². The monoisotopic (exact) mass is 289 g/mol. The average Bonchev–Trinajstić information content (AvgIpc) is 2.49. The van der Waals surface area contributed by atoms with Crippen LogP contribution >= 0.6 is 0 Å². The molecule has 1 atom stereocenters. The molecule has 0 bridgehead atoms. The van der Waals surface area contributed by atoms with Crippen molar-refractivity contribution < 1.29 is 4.79 Å². The van der Waals surface area contributed by atoms with Crippen LogP contribution in [0, 0.1) is 0 Å². The molecule has 4 heteroatoms. The average molecular weight is 289 g/mol. The molecule has 1 fully saturated rings. The molecule has 116 valence electrons. The summed E-state index contributed by atoms with van der Waals surface area (Å²) in [6.45, 7) is 8.27. The van der Waals surface area contributed by atoms with E-state index in [1.165, 1.54) is 37.9 Å². The number of hydrogen-bond acceptors (Lipinski definition) is 2. The van der Waals surface area contributed by atoms with E-state index in [4.69, 9.17) is 0 Å². The first-order valence-corrected chi connectivity index (χ1v) is 8.07. The number of rotatable bonds is 5. The molecule has 2 N–H and O–H groups in total. The summed E-state index contributed by atoms with van der Waals surface area (Å²) in [4.78, 5) is 14.3. The molecule has 2 amide bonds. The van der Waals surface area contributed by atoms with Gasteiger partial charge in [-0.3, -0.25) is 0 Å². The molecule has 2 rings (SSSR count). The lowest BCUT2D eigenvalue weighted by Gasteiger charge is -2.29. The van der Waals surface area contributed by atoms with Crippen molar-refractivity contribution in [3.63, 3.8) is 0 Å². The fourth-order valence-electron chi connectivity index (χ4n) is 3.00. The third-order valence-electron chi connectivity index (χ3n) is 4.06. The molecule has 1 aromatic rings. The highest BCUT2D eigenvalue weighted by Gasteiger charge is 2.17. The number of hydrogen-bond donors (Lipinski definition) is 2. The molecule has 1 aromatic carbocycles. The van der Waals surface area contributed by atoms with Crippen LogP contribution in [0.1, 0.15) is 44.6 Å². The Morgan fingerprint density at radius 2 is 1.95 bits per heavy atom. The number of carbonyl (C=O) groups is 1. The second-order valence-corrected chi connectivity index (χ2v) is 5.83. The van der Waals surface area contributed by atoms with Crippen molar-refractivity contribution in [2.45, 2.75) is 39.0 Å². The van der Waals surface area contributed by atoms with Crippen molar-refractivity contribution in [1.82, 2.24) is 10.2 Å². The summed E-state index contributed by atoms with van der Waals surface area (Å²) >= 11 is 0. The van der Waals surface area contributed by atoms with Gasteiger partial charge < -0.3 is 15.5 Å². The van der Waals surface area contributed by atoms with E-state index >= 15 is 0 Å². The molecule has 1 unspecified atom stereocenters. The van der Waals surface area contributed by atoms with Crippen LogP contribution < -0.4 is 10.6 Å². The lowest BCUT2D eigenvalue weighted by molar-refractivity contribution is 0.219. The molecule has 0 spiro atoms. The highest BCUT2D eigenvalue weighted by atomic mass is 16.2. The van der Waals surface area contributed by atoms with E-state index in [1.807, 2.05) is 25.1 Å².